The monoisotopic (exact) mass is 343 g/mol. The molecule has 3 rings (SSSR count). The topological polar surface area (TPSA) is 49.9 Å². The molecule has 0 unspecified atom stereocenters. The zero-order valence-electron chi connectivity index (χ0n) is 11.5. The van der Waals surface area contributed by atoms with Gasteiger partial charge in [0.15, 0.2) is 0 Å². The van der Waals surface area contributed by atoms with Crippen molar-refractivity contribution in [3.05, 3.63) is 58.6 Å². The van der Waals surface area contributed by atoms with Crippen LogP contribution in [0.1, 0.15) is 12.5 Å². The van der Waals surface area contributed by atoms with Crippen molar-refractivity contribution in [3.8, 4) is 11.3 Å². The number of rotatable bonds is 2. The van der Waals surface area contributed by atoms with Crippen molar-refractivity contribution in [1.82, 2.24) is 4.98 Å². The lowest BCUT2D eigenvalue weighted by molar-refractivity contribution is -0.191. The lowest BCUT2D eigenvalue weighted by atomic mass is 10.1. The molecule has 0 atom stereocenters. The first-order valence-electron chi connectivity index (χ1n) is 6.55. The molecule has 0 spiro atoms. The van der Waals surface area contributed by atoms with Crippen molar-refractivity contribution in [2.75, 3.05) is 0 Å². The van der Waals surface area contributed by atoms with Crippen LogP contribution in [0.3, 0.4) is 0 Å². The van der Waals surface area contributed by atoms with Crippen molar-refractivity contribution in [2.24, 2.45) is 0 Å². The van der Waals surface area contributed by atoms with Crippen LogP contribution in [0.5, 0.6) is 0 Å². The minimum absolute atomic E-state index is 0.250. The quantitative estimate of drug-likeness (QED) is 0.740. The Bertz CT molecular complexity index is 786. The van der Waals surface area contributed by atoms with E-state index in [1.807, 2.05) is 6.07 Å². The summed E-state index contributed by atoms with van der Waals surface area (Å²) in [4.78, 5) is 19.7. The predicted molar refractivity (Wildman–Crippen MR) is 85.8 cm³/mol. The average Bonchev–Trinajstić information content (AvgIpc) is 2.91. The van der Waals surface area contributed by atoms with E-state index in [1.54, 1.807) is 0 Å². The van der Waals surface area contributed by atoms with Crippen molar-refractivity contribution >= 4 is 33.0 Å². The van der Waals surface area contributed by atoms with Crippen LogP contribution in [0, 0.1) is 0 Å². The van der Waals surface area contributed by atoms with E-state index in [1.165, 1.54) is 22.0 Å². The summed E-state index contributed by atoms with van der Waals surface area (Å²) in [6.45, 7) is 2.18. The third-order valence-corrected chi connectivity index (χ3v) is 3.95. The maximum atomic E-state index is 8.12. The van der Waals surface area contributed by atoms with Gasteiger partial charge in [-0.15, -0.1) is 0 Å². The highest BCUT2D eigenvalue weighted by Crippen LogP contribution is 2.30. The van der Waals surface area contributed by atoms with E-state index in [4.69, 9.17) is 9.59 Å². The fraction of sp³-hybridized carbons (Fsp3) is 0.118. The van der Waals surface area contributed by atoms with Crippen LogP contribution in [0.25, 0.3) is 22.2 Å². The standard InChI is InChI=1S/C16H14BrN.CO2/c1-2-11-7-8-15-12(9-11)10-16(18-15)13-5-3-4-6-14(13)17;2-1-3/h3-10,18H,2H2,1H3;. The van der Waals surface area contributed by atoms with Crippen LogP contribution in [-0.2, 0) is 16.0 Å². The first kappa shape index (κ1) is 15.2. The number of hydrogen-bond donors (Lipinski definition) is 1. The number of benzene rings is 2. The number of aryl methyl sites for hydroxylation is 1. The van der Waals surface area contributed by atoms with Gasteiger partial charge in [-0.05, 0) is 36.2 Å². The van der Waals surface area contributed by atoms with E-state index in [9.17, 15) is 0 Å². The van der Waals surface area contributed by atoms with E-state index in [0.717, 1.165) is 16.6 Å². The van der Waals surface area contributed by atoms with Crippen LogP contribution < -0.4 is 0 Å². The first-order chi connectivity index (χ1) is 10.2. The number of hydrogen-bond acceptors (Lipinski definition) is 2. The Hall–Kier alpha value is -2.16. The molecule has 0 bridgehead atoms. The molecule has 1 heterocycles. The lowest BCUT2D eigenvalue weighted by Crippen LogP contribution is -1.78. The normalized spacial score (nSPS) is 9.81. The van der Waals surface area contributed by atoms with Gasteiger partial charge in [-0.2, -0.15) is 9.59 Å². The molecule has 0 aliphatic rings. The molecular formula is C17H14BrNO2. The highest BCUT2D eigenvalue weighted by atomic mass is 79.9. The molecule has 0 amide bonds. The second-order valence-electron chi connectivity index (χ2n) is 4.52. The van der Waals surface area contributed by atoms with E-state index in [-0.39, 0.29) is 6.15 Å². The van der Waals surface area contributed by atoms with Crippen molar-refractivity contribution < 1.29 is 9.59 Å². The summed E-state index contributed by atoms with van der Waals surface area (Å²) in [6, 6.07) is 17.1. The van der Waals surface area contributed by atoms with Crippen molar-refractivity contribution in [1.29, 1.82) is 0 Å². The van der Waals surface area contributed by atoms with Crippen molar-refractivity contribution in [2.45, 2.75) is 13.3 Å². The summed E-state index contributed by atoms with van der Waals surface area (Å²) in [5.41, 5.74) is 4.93. The van der Waals surface area contributed by atoms with Gasteiger partial charge in [-0.3, -0.25) is 0 Å². The number of aromatic amines is 1. The zero-order chi connectivity index (χ0) is 15.2. The number of halogens is 1. The molecule has 1 N–H and O–H groups in total. The van der Waals surface area contributed by atoms with Crippen LogP contribution in [0.4, 0.5) is 0 Å². The summed E-state index contributed by atoms with van der Waals surface area (Å²) in [7, 11) is 0. The summed E-state index contributed by atoms with van der Waals surface area (Å²) in [6.07, 6.45) is 1.32. The van der Waals surface area contributed by atoms with E-state index in [0.29, 0.717) is 0 Å². The molecule has 0 aliphatic heterocycles. The van der Waals surface area contributed by atoms with Gasteiger partial charge >= 0.3 is 6.15 Å². The van der Waals surface area contributed by atoms with Crippen LogP contribution >= 0.6 is 15.9 Å². The number of nitrogens with one attached hydrogen (secondary N) is 1. The molecule has 4 heteroatoms. The number of H-pyrrole nitrogens is 1. The Morgan fingerprint density at radius 2 is 1.81 bits per heavy atom. The Kier molecular flexibility index (Phi) is 5.09. The van der Waals surface area contributed by atoms with Gasteiger partial charge in [0.2, 0.25) is 0 Å². The van der Waals surface area contributed by atoms with Gasteiger partial charge in [-0.1, -0.05) is 47.1 Å². The SMILES string of the molecule is CCc1ccc2[nH]c(-c3ccccc3Br)cc2c1.O=C=O. The van der Waals surface area contributed by atoms with E-state index >= 15 is 0 Å². The fourth-order valence-corrected chi connectivity index (χ4v) is 2.73. The highest BCUT2D eigenvalue weighted by Gasteiger charge is 2.06. The van der Waals surface area contributed by atoms with Gasteiger partial charge in [0, 0.05) is 26.6 Å². The second kappa shape index (κ2) is 7.02. The molecule has 0 saturated carbocycles. The van der Waals surface area contributed by atoms with Gasteiger partial charge in [0.25, 0.3) is 0 Å². The Morgan fingerprint density at radius 3 is 2.48 bits per heavy atom. The fourth-order valence-electron chi connectivity index (χ4n) is 2.23. The maximum Gasteiger partial charge on any atom is 0.373 e. The Balaban J connectivity index is 0.000000497. The largest absolute Gasteiger partial charge is 0.373 e. The van der Waals surface area contributed by atoms with Gasteiger partial charge in [0.05, 0.1) is 0 Å². The van der Waals surface area contributed by atoms with Crippen LogP contribution in [-0.4, -0.2) is 11.1 Å². The van der Waals surface area contributed by atoms with Gasteiger partial charge in [-0.25, -0.2) is 0 Å². The molecular weight excluding hydrogens is 330 g/mol. The Morgan fingerprint density at radius 1 is 1.10 bits per heavy atom. The van der Waals surface area contributed by atoms with Crippen LogP contribution in [0.15, 0.2) is 53.0 Å². The maximum absolute atomic E-state index is 8.12. The number of aromatic nitrogens is 1. The summed E-state index contributed by atoms with van der Waals surface area (Å²) < 4.78 is 1.12. The molecule has 0 aliphatic carbocycles. The third-order valence-electron chi connectivity index (χ3n) is 3.26. The molecule has 21 heavy (non-hydrogen) atoms. The zero-order valence-corrected chi connectivity index (χ0v) is 13.1. The average molecular weight is 344 g/mol. The summed E-state index contributed by atoms with van der Waals surface area (Å²) in [5, 5.41) is 1.28. The minimum atomic E-state index is 0.250. The van der Waals surface area contributed by atoms with Crippen LogP contribution in [0.2, 0.25) is 0 Å². The molecule has 0 radical (unpaired) electrons. The highest BCUT2D eigenvalue weighted by molar-refractivity contribution is 9.10. The number of carbonyl (C=O) groups excluding carboxylic acids is 2. The Labute approximate surface area is 131 Å². The van der Waals surface area contributed by atoms with Crippen molar-refractivity contribution in [3.63, 3.8) is 0 Å². The van der Waals surface area contributed by atoms with E-state index < -0.39 is 0 Å². The number of fused-ring (bicyclic) bond motifs is 1. The molecule has 106 valence electrons. The molecule has 2 aromatic carbocycles. The minimum Gasteiger partial charge on any atom is -0.354 e. The van der Waals surface area contributed by atoms with Gasteiger partial charge in [0.1, 0.15) is 0 Å². The molecule has 3 nitrogen and oxygen atoms in total. The molecule has 0 fully saturated rings. The first-order valence-corrected chi connectivity index (χ1v) is 7.34. The molecule has 0 saturated heterocycles. The lowest BCUT2D eigenvalue weighted by Gasteiger charge is -2.00. The smallest absolute Gasteiger partial charge is 0.354 e. The summed E-state index contributed by atoms with van der Waals surface area (Å²) >= 11 is 3.60. The molecule has 1 aromatic heterocycles. The van der Waals surface area contributed by atoms with E-state index in [2.05, 4.69) is 70.3 Å². The molecule has 3 aromatic rings. The third kappa shape index (κ3) is 3.48. The predicted octanol–water partition coefficient (Wildman–Crippen LogP) is 4.58. The second-order valence-corrected chi connectivity index (χ2v) is 5.38. The summed E-state index contributed by atoms with van der Waals surface area (Å²) in [5.74, 6) is 0. The van der Waals surface area contributed by atoms with Gasteiger partial charge < -0.3 is 4.98 Å².